The van der Waals surface area contributed by atoms with Crippen LogP contribution in [0.1, 0.15) is 37.1 Å². The number of nitrogens with two attached hydrogens (primary N) is 1. The van der Waals surface area contributed by atoms with Gasteiger partial charge in [0.2, 0.25) is 5.69 Å². The zero-order chi connectivity index (χ0) is 15.0. The van der Waals surface area contributed by atoms with Crippen molar-refractivity contribution in [2.45, 2.75) is 35.1 Å². The van der Waals surface area contributed by atoms with Crippen molar-refractivity contribution in [3.05, 3.63) is 64.7 Å². The van der Waals surface area contributed by atoms with E-state index in [0.29, 0.717) is 0 Å². The first-order valence-corrected chi connectivity index (χ1v) is 7.28. The van der Waals surface area contributed by atoms with E-state index < -0.39 is 0 Å². The van der Waals surface area contributed by atoms with Crippen LogP contribution in [0.2, 0.25) is 0 Å². The van der Waals surface area contributed by atoms with Crippen molar-refractivity contribution >= 4 is 23.2 Å². The molecule has 1 heterocycles. The molecule has 0 spiro atoms. The molecule has 0 saturated carbocycles. The van der Waals surface area contributed by atoms with Crippen LogP contribution in [-0.2, 0) is 39.1 Å². The summed E-state index contributed by atoms with van der Waals surface area (Å²) in [4.78, 5) is 0. The van der Waals surface area contributed by atoms with Gasteiger partial charge >= 0.3 is 0 Å². The molecule has 0 aromatic heterocycles. The number of anilines is 1. The number of aryl methyl sites for hydroxylation is 2. The third-order valence-electron chi connectivity index (χ3n) is 4.15. The summed E-state index contributed by atoms with van der Waals surface area (Å²) < 4.78 is 2.28. The van der Waals surface area contributed by atoms with E-state index >= 15 is 0 Å². The molecule has 2 aromatic carbocycles. The Bertz CT molecular complexity index is 773. The summed E-state index contributed by atoms with van der Waals surface area (Å²) in [5.74, 6) is 0. The molecule has 3 rings (SSSR count). The second-order valence-electron chi connectivity index (χ2n) is 5.81. The number of nitrogens with zero attached hydrogens (tertiary/aromatic N) is 1. The Morgan fingerprint density at radius 1 is 1.00 bits per heavy atom. The van der Waals surface area contributed by atoms with Gasteiger partial charge in [-0.05, 0) is 49.2 Å². The zero-order valence-electron chi connectivity index (χ0n) is 13.4. The standard InChI is InChI=1S/C19H20N2.2CH4.Y/c1-13-4-9-19-16(10-13)12-18(21(19)3)8-6-15-5-7-17(20)11-14(15)2;;;/h4-11,20H,12H2,1-3H3;2*1H4;/p+1. The molecule has 125 valence electrons. The monoisotopic (exact) mass is 398 g/mol. The average molecular weight is 398 g/mol. The normalized spacial score (nSPS) is 12.3. The molecule has 0 saturated heterocycles. The Kier molecular flexibility index (Phi) is 8.81. The average Bonchev–Trinajstić information content (AvgIpc) is 2.74. The maximum atomic E-state index is 5.80. The third-order valence-corrected chi connectivity index (χ3v) is 4.15. The van der Waals surface area contributed by atoms with E-state index in [4.69, 9.17) is 5.73 Å². The number of nitrogen functional groups attached to an aromatic ring is 1. The van der Waals surface area contributed by atoms with Crippen LogP contribution < -0.4 is 5.73 Å². The third kappa shape index (κ3) is 4.65. The quantitative estimate of drug-likeness (QED) is 0.551. The van der Waals surface area contributed by atoms with Gasteiger partial charge in [0.1, 0.15) is 7.05 Å². The first-order valence-electron chi connectivity index (χ1n) is 7.28. The van der Waals surface area contributed by atoms with Gasteiger partial charge in [-0.25, -0.2) is 0 Å². The number of benzene rings is 2. The molecule has 0 amide bonds. The molecule has 0 aliphatic carbocycles. The van der Waals surface area contributed by atoms with E-state index in [1.54, 1.807) is 0 Å². The summed E-state index contributed by atoms with van der Waals surface area (Å²) in [6.07, 6.45) is 5.39. The Labute approximate surface area is 172 Å². The topological polar surface area (TPSA) is 29.0 Å². The number of hydrogen-bond donors (Lipinski definition) is 1. The summed E-state index contributed by atoms with van der Waals surface area (Å²) in [5.41, 5.74) is 14.4. The molecular formula is C21H29N2Y+. The Hall–Kier alpha value is -1.25. The maximum absolute atomic E-state index is 5.80. The van der Waals surface area contributed by atoms with Crippen LogP contribution in [-0.4, -0.2) is 17.3 Å². The van der Waals surface area contributed by atoms with Crippen molar-refractivity contribution in [3.8, 4) is 0 Å². The van der Waals surface area contributed by atoms with Gasteiger partial charge in [0.15, 0.2) is 5.71 Å². The minimum Gasteiger partial charge on any atom is -0.399 e. The second-order valence-corrected chi connectivity index (χ2v) is 5.81. The number of allylic oxidation sites excluding steroid dienone is 1. The fourth-order valence-corrected chi connectivity index (χ4v) is 2.89. The van der Waals surface area contributed by atoms with Gasteiger partial charge in [0, 0.05) is 56.1 Å². The Balaban J connectivity index is 0.00000176. The number of hydrogen-bond acceptors (Lipinski definition) is 1. The van der Waals surface area contributed by atoms with Crippen LogP contribution in [0.15, 0.2) is 42.5 Å². The van der Waals surface area contributed by atoms with Crippen LogP contribution in [0.25, 0.3) is 6.08 Å². The van der Waals surface area contributed by atoms with Gasteiger partial charge in [0.05, 0.1) is 6.42 Å². The zero-order valence-corrected chi connectivity index (χ0v) is 16.3. The molecule has 0 unspecified atom stereocenters. The molecule has 1 radical (unpaired) electrons. The molecular weight excluding hydrogens is 369 g/mol. The van der Waals surface area contributed by atoms with Crippen molar-refractivity contribution in [3.63, 3.8) is 0 Å². The van der Waals surface area contributed by atoms with Crippen molar-refractivity contribution in [2.24, 2.45) is 0 Å². The van der Waals surface area contributed by atoms with Crippen LogP contribution in [0.4, 0.5) is 11.4 Å². The van der Waals surface area contributed by atoms with Gasteiger partial charge < -0.3 is 5.73 Å². The van der Waals surface area contributed by atoms with Crippen LogP contribution >= 0.6 is 0 Å². The molecule has 3 heteroatoms. The summed E-state index contributed by atoms with van der Waals surface area (Å²) >= 11 is 0. The summed E-state index contributed by atoms with van der Waals surface area (Å²) in [6, 6.07) is 12.7. The number of rotatable bonds is 2. The summed E-state index contributed by atoms with van der Waals surface area (Å²) in [6.45, 7) is 4.24. The van der Waals surface area contributed by atoms with Gasteiger partial charge in [-0.1, -0.05) is 32.5 Å². The molecule has 0 bridgehead atoms. The maximum Gasteiger partial charge on any atom is 0.208 e. The summed E-state index contributed by atoms with van der Waals surface area (Å²) in [7, 11) is 2.14. The van der Waals surface area contributed by atoms with E-state index in [0.717, 1.165) is 12.1 Å². The van der Waals surface area contributed by atoms with Crippen molar-refractivity contribution < 1.29 is 37.3 Å². The van der Waals surface area contributed by atoms with Crippen LogP contribution in [0.3, 0.4) is 0 Å². The minimum absolute atomic E-state index is 0. The van der Waals surface area contributed by atoms with Crippen LogP contribution in [0, 0.1) is 13.8 Å². The van der Waals surface area contributed by atoms with E-state index in [1.165, 1.54) is 33.7 Å². The van der Waals surface area contributed by atoms with Gasteiger partial charge in [0.25, 0.3) is 0 Å². The SMILES string of the molecule is C.C.Cc1ccc2c(c1)CC(C=Cc1ccc(N)cc1C)=[N+]2C.[Y]. The fourth-order valence-electron chi connectivity index (χ4n) is 2.89. The fraction of sp³-hybridized carbons (Fsp3) is 0.286. The van der Waals surface area contributed by atoms with Crippen molar-refractivity contribution in [1.82, 2.24) is 0 Å². The molecule has 0 fully saturated rings. The van der Waals surface area contributed by atoms with Crippen molar-refractivity contribution in [1.29, 1.82) is 0 Å². The molecule has 2 nitrogen and oxygen atoms in total. The van der Waals surface area contributed by atoms with E-state index in [9.17, 15) is 0 Å². The van der Waals surface area contributed by atoms with E-state index in [1.807, 2.05) is 12.1 Å². The molecule has 2 N–H and O–H groups in total. The smallest absolute Gasteiger partial charge is 0.208 e. The molecule has 24 heavy (non-hydrogen) atoms. The largest absolute Gasteiger partial charge is 0.399 e. The van der Waals surface area contributed by atoms with E-state index in [2.05, 4.69) is 61.9 Å². The summed E-state index contributed by atoms with van der Waals surface area (Å²) in [5, 5.41) is 0. The Morgan fingerprint density at radius 2 is 1.71 bits per heavy atom. The minimum atomic E-state index is 0. The molecule has 2 aromatic rings. The van der Waals surface area contributed by atoms with Gasteiger partial charge in [-0.3, -0.25) is 0 Å². The molecule has 1 aliphatic rings. The van der Waals surface area contributed by atoms with Crippen LogP contribution in [0.5, 0.6) is 0 Å². The van der Waals surface area contributed by atoms with E-state index in [-0.39, 0.29) is 47.6 Å². The first-order chi connectivity index (χ1) is 10.0. The second kappa shape index (κ2) is 9.29. The molecule has 0 atom stereocenters. The number of fused-ring (bicyclic) bond motifs is 1. The Morgan fingerprint density at radius 3 is 2.38 bits per heavy atom. The predicted molar refractivity (Wildman–Crippen MR) is 104 cm³/mol. The van der Waals surface area contributed by atoms with Gasteiger partial charge in [-0.15, -0.1) is 0 Å². The van der Waals surface area contributed by atoms with Gasteiger partial charge in [-0.2, -0.15) is 4.58 Å². The molecule has 1 aliphatic heterocycles. The first kappa shape index (κ1) is 22.8. The van der Waals surface area contributed by atoms with Crippen molar-refractivity contribution in [2.75, 3.05) is 12.8 Å². The predicted octanol–water partition coefficient (Wildman–Crippen LogP) is 5.14.